The lowest BCUT2D eigenvalue weighted by atomic mass is 10.0. The molecule has 0 spiro atoms. The van der Waals surface area contributed by atoms with Crippen LogP contribution in [0.1, 0.15) is 38.8 Å². The molecule has 1 saturated heterocycles. The molecule has 1 aliphatic heterocycles. The van der Waals surface area contributed by atoms with Crippen LogP contribution in [0.5, 0.6) is 0 Å². The van der Waals surface area contributed by atoms with Crippen molar-refractivity contribution in [2.24, 2.45) is 5.92 Å². The molecule has 0 amide bonds. The highest BCUT2D eigenvalue weighted by Gasteiger charge is 2.23. The summed E-state index contributed by atoms with van der Waals surface area (Å²) in [6, 6.07) is 5.35. The van der Waals surface area contributed by atoms with Gasteiger partial charge in [-0.1, -0.05) is 13.8 Å². The topological polar surface area (TPSA) is 28.2 Å². The molecule has 100 valence electrons. The van der Waals surface area contributed by atoms with Gasteiger partial charge < -0.3 is 5.32 Å². The van der Waals surface area contributed by atoms with Crippen LogP contribution in [0.15, 0.2) is 24.5 Å². The third kappa shape index (κ3) is 3.30. The molecule has 0 bridgehead atoms. The number of pyridine rings is 1. The molecule has 0 radical (unpaired) electrons. The van der Waals surface area contributed by atoms with E-state index in [1.165, 1.54) is 18.5 Å². The maximum absolute atomic E-state index is 4.10. The lowest BCUT2D eigenvalue weighted by Gasteiger charge is -2.31. The van der Waals surface area contributed by atoms with Crippen molar-refractivity contribution in [3.63, 3.8) is 0 Å². The summed E-state index contributed by atoms with van der Waals surface area (Å²) in [5, 5.41) is 3.66. The molecule has 0 aromatic carbocycles. The fraction of sp³-hybridized carbons (Fsp3) is 0.667. The summed E-state index contributed by atoms with van der Waals surface area (Å²) in [5.74, 6) is 0.690. The van der Waals surface area contributed by atoms with Gasteiger partial charge in [0.25, 0.3) is 0 Å². The van der Waals surface area contributed by atoms with Crippen molar-refractivity contribution >= 4 is 0 Å². The van der Waals surface area contributed by atoms with E-state index in [4.69, 9.17) is 0 Å². The molecule has 2 unspecified atom stereocenters. The number of hydrogen-bond acceptors (Lipinski definition) is 3. The molecule has 3 nitrogen and oxygen atoms in total. The zero-order valence-corrected chi connectivity index (χ0v) is 11.8. The highest BCUT2D eigenvalue weighted by atomic mass is 15.2. The van der Waals surface area contributed by atoms with Crippen molar-refractivity contribution in [2.45, 2.75) is 39.3 Å². The van der Waals surface area contributed by atoms with E-state index >= 15 is 0 Å². The Kier molecular flexibility index (Phi) is 4.72. The Bertz CT molecular complexity index is 350. The van der Waals surface area contributed by atoms with Crippen LogP contribution in [0, 0.1) is 5.92 Å². The molecule has 0 saturated carbocycles. The Morgan fingerprint density at radius 2 is 2.00 bits per heavy atom. The average molecular weight is 247 g/mol. The van der Waals surface area contributed by atoms with E-state index in [1.807, 2.05) is 12.4 Å². The molecule has 2 rings (SSSR count). The van der Waals surface area contributed by atoms with Crippen LogP contribution in [-0.4, -0.2) is 35.6 Å². The second-order valence-electron chi connectivity index (χ2n) is 5.61. The van der Waals surface area contributed by atoms with Crippen LogP contribution < -0.4 is 5.32 Å². The predicted octanol–water partition coefficient (Wildman–Crippen LogP) is 2.46. The van der Waals surface area contributed by atoms with E-state index in [0.29, 0.717) is 18.0 Å². The number of nitrogens with one attached hydrogen (secondary N) is 1. The van der Waals surface area contributed by atoms with Crippen molar-refractivity contribution in [1.82, 2.24) is 15.2 Å². The molecule has 1 aromatic rings. The number of hydrogen-bond donors (Lipinski definition) is 1. The van der Waals surface area contributed by atoms with Crippen molar-refractivity contribution in [3.8, 4) is 0 Å². The van der Waals surface area contributed by atoms with Gasteiger partial charge in [-0.2, -0.15) is 0 Å². The second kappa shape index (κ2) is 6.30. The van der Waals surface area contributed by atoms with E-state index in [1.54, 1.807) is 0 Å². The maximum atomic E-state index is 4.10. The smallest absolute Gasteiger partial charge is 0.0321 e. The number of aromatic nitrogens is 1. The van der Waals surface area contributed by atoms with E-state index in [-0.39, 0.29) is 0 Å². The van der Waals surface area contributed by atoms with E-state index in [2.05, 4.69) is 48.1 Å². The van der Waals surface area contributed by atoms with Gasteiger partial charge in [0.1, 0.15) is 0 Å². The minimum Gasteiger partial charge on any atom is -0.312 e. The van der Waals surface area contributed by atoms with Crippen molar-refractivity contribution in [2.75, 3.05) is 19.6 Å². The monoisotopic (exact) mass is 247 g/mol. The first-order valence-corrected chi connectivity index (χ1v) is 7.06. The third-order valence-electron chi connectivity index (χ3n) is 4.00. The van der Waals surface area contributed by atoms with Gasteiger partial charge >= 0.3 is 0 Å². The van der Waals surface area contributed by atoms with E-state index < -0.39 is 0 Å². The molecule has 2 atom stereocenters. The summed E-state index contributed by atoms with van der Waals surface area (Å²) in [4.78, 5) is 6.70. The maximum Gasteiger partial charge on any atom is 0.0321 e. The van der Waals surface area contributed by atoms with Gasteiger partial charge in [0.15, 0.2) is 0 Å². The normalized spacial score (nSPS) is 23.9. The molecule has 2 heterocycles. The zero-order chi connectivity index (χ0) is 13.0. The molecule has 18 heavy (non-hydrogen) atoms. The molecule has 1 fully saturated rings. The largest absolute Gasteiger partial charge is 0.312 e. The van der Waals surface area contributed by atoms with Gasteiger partial charge in [0.2, 0.25) is 0 Å². The Morgan fingerprint density at radius 3 is 2.67 bits per heavy atom. The van der Waals surface area contributed by atoms with Gasteiger partial charge in [-0.15, -0.1) is 0 Å². The Hall–Kier alpha value is -0.930. The van der Waals surface area contributed by atoms with Crippen LogP contribution in [0.4, 0.5) is 0 Å². The Morgan fingerprint density at radius 1 is 1.28 bits per heavy atom. The minimum absolute atomic E-state index is 0.481. The lowest BCUT2D eigenvalue weighted by Crippen LogP contribution is -2.42. The van der Waals surface area contributed by atoms with Crippen molar-refractivity contribution < 1.29 is 0 Å². The van der Waals surface area contributed by atoms with Crippen LogP contribution in [0.3, 0.4) is 0 Å². The van der Waals surface area contributed by atoms with Gasteiger partial charge in [-0.05, 0) is 43.5 Å². The molecule has 3 heteroatoms. The third-order valence-corrected chi connectivity index (χ3v) is 4.00. The minimum atomic E-state index is 0.481. The highest BCUT2D eigenvalue weighted by molar-refractivity contribution is 5.14. The molecule has 1 N–H and O–H groups in total. The summed E-state index contributed by atoms with van der Waals surface area (Å²) in [6.07, 6.45) is 5.02. The first-order chi connectivity index (χ1) is 8.68. The Labute approximate surface area is 111 Å². The lowest BCUT2D eigenvalue weighted by molar-refractivity contribution is 0.192. The second-order valence-corrected chi connectivity index (χ2v) is 5.61. The van der Waals surface area contributed by atoms with Crippen LogP contribution in [0.25, 0.3) is 0 Å². The molecule has 1 aliphatic rings. The highest BCUT2D eigenvalue weighted by Crippen LogP contribution is 2.22. The summed E-state index contributed by atoms with van der Waals surface area (Å²) in [5.41, 5.74) is 1.37. The summed E-state index contributed by atoms with van der Waals surface area (Å²) >= 11 is 0. The number of rotatable bonds is 3. The SMILES string of the molecule is CC(C)C1CN(C(C)c2ccncc2)CCCN1. The van der Waals surface area contributed by atoms with Crippen molar-refractivity contribution in [1.29, 1.82) is 0 Å². The quantitative estimate of drug-likeness (QED) is 0.889. The molecular weight excluding hydrogens is 222 g/mol. The van der Waals surface area contributed by atoms with Gasteiger partial charge in [0.05, 0.1) is 0 Å². The fourth-order valence-corrected chi connectivity index (χ4v) is 2.63. The van der Waals surface area contributed by atoms with Crippen molar-refractivity contribution in [3.05, 3.63) is 30.1 Å². The summed E-state index contributed by atoms with van der Waals surface area (Å²) < 4.78 is 0. The van der Waals surface area contributed by atoms with Crippen LogP contribution in [0.2, 0.25) is 0 Å². The van der Waals surface area contributed by atoms with Gasteiger partial charge in [0, 0.05) is 37.6 Å². The van der Waals surface area contributed by atoms with Gasteiger partial charge in [-0.25, -0.2) is 0 Å². The van der Waals surface area contributed by atoms with Crippen LogP contribution in [-0.2, 0) is 0 Å². The molecular formula is C15H25N3. The molecule has 1 aromatic heterocycles. The predicted molar refractivity (Wildman–Crippen MR) is 75.5 cm³/mol. The standard InChI is InChI=1S/C15H25N3/c1-12(2)15-11-18(10-4-7-17-15)13(3)14-5-8-16-9-6-14/h5-6,8-9,12-13,15,17H,4,7,10-11H2,1-3H3. The fourth-order valence-electron chi connectivity index (χ4n) is 2.63. The average Bonchev–Trinajstić information content (AvgIpc) is 2.65. The zero-order valence-electron chi connectivity index (χ0n) is 11.8. The van der Waals surface area contributed by atoms with Crippen LogP contribution >= 0.6 is 0 Å². The first-order valence-electron chi connectivity index (χ1n) is 7.06. The number of nitrogens with zero attached hydrogens (tertiary/aromatic N) is 2. The Balaban J connectivity index is 2.06. The molecule has 0 aliphatic carbocycles. The van der Waals surface area contributed by atoms with Gasteiger partial charge in [-0.3, -0.25) is 9.88 Å². The van der Waals surface area contributed by atoms with E-state index in [9.17, 15) is 0 Å². The van der Waals surface area contributed by atoms with E-state index in [0.717, 1.165) is 13.1 Å². The first kappa shape index (κ1) is 13.5. The summed E-state index contributed by atoms with van der Waals surface area (Å²) in [7, 11) is 0. The summed E-state index contributed by atoms with van der Waals surface area (Å²) in [6.45, 7) is 10.4.